The summed E-state index contributed by atoms with van der Waals surface area (Å²) in [6, 6.07) is 13.0. The summed E-state index contributed by atoms with van der Waals surface area (Å²) < 4.78 is 36.5. The zero-order valence-corrected chi connectivity index (χ0v) is 18.1. The van der Waals surface area contributed by atoms with E-state index in [2.05, 4.69) is 5.32 Å². The summed E-state index contributed by atoms with van der Waals surface area (Å²) >= 11 is 0. The number of hydrogen-bond donors (Lipinski definition) is 1. The van der Waals surface area contributed by atoms with E-state index in [0.29, 0.717) is 24.5 Å². The van der Waals surface area contributed by atoms with Crippen molar-refractivity contribution < 1.29 is 27.5 Å². The van der Waals surface area contributed by atoms with Gasteiger partial charge in [0.2, 0.25) is 10.0 Å². The average Bonchev–Trinajstić information content (AvgIpc) is 2.72. The van der Waals surface area contributed by atoms with Crippen molar-refractivity contribution in [3.63, 3.8) is 0 Å². The molecule has 2 rings (SSSR count). The zero-order valence-electron chi connectivity index (χ0n) is 17.3. The van der Waals surface area contributed by atoms with Gasteiger partial charge in [0.25, 0.3) is 5.91 Å². The minimum atomic E-state index is -3.56. The van der Waals surface area contributed by atoms with Gasteiger partial charge < -0.3 is 14.8 Å². The molecule has 0 aliphatic heterocycles. The SMILES string of the molecule is CCN(CC)S(=O)(=O)c1ccc(NC(=O)COC(=O)COc2cccc(C)c2)cc1. The fraction of sp³-hybridized carbons (Fsp3) is 0.333. The zero-order chi connectivity index (χ0) is 22.1. The lowest BCUT2D eigenvalue weighted by Crippen LogP contribution is -2.30. The Morgan fingerprint density at radius 2 is 1.67 bits per heavy atom. The third-order valence-corrected chi connectivity index (χ3v) is 6.26. The summed E-state index contributed by atoms with van der Waals surface area (Å²) in [5.74, 6) is -0.679. The van der Waals surface area contributed by atoms with Crippen LogP contribution in [0.2, 0.25) is 0 Å². The van der Waals surface area contributed by atoms with E-state index in [9.17, 15) is 18.0 Å². The molecule has 0 atom stereocenters. The molecule has 2 aromatic rings. The molecule has 0 unspecified atom stereocenters. The van der Waals surface area contributed by atoms with Crippen LogP contribution < -0.4 is 10.1 Å². The second kappa shape index (κ2) is 10.7. The number of carbonyl (C=O) groups is 2. The first-order valence-corrected chi connectivity index (χ1v) is 11.0. The molecule has 0 heterocycles. The molecule has 162 valence electrons. The number of benzene rings is 2. The van der Waals surface area contributed by atoms with E-state index < -0.39 is 28.5 Å². The molecule has 0 spiro atoms. The number of rotatable bonds is 10. The van der Waals surface area contributed by atoms with Crippen molar-refractivity contribution in [2.45, 2.75) is 25.7 Å². The van der Waals surface area contributed by atoms with Crippen LogP contribution in [0.15, 0.2) is 53.4 Å². The molecule has 1 N–H and O–H groups in total. The molecule has 0 aromatic heterocycles. The van der Waals surface area contributed by atoms with E-state index in [1.807, 2.05) is 19.1 Å². The van der Waals surface area contributed by atoms with Crippen LogP contribution in [0.25, 0.3) is 0 Å². The summed E-state index contributed by atoms with van der Waals surface area (Å²) in [5.41, 5.74) is 1.39. The van der Waals surface area contributed by atoms with Gasteiger partial charge in [0.1, 0.15) is 5.75 Å². The Hall–Kier alpha value is -2.91. The third kappa shape index (κ3) is 6.57. The van der Waals surface area contributed by atoms with Crippen LogP contribution in [0.5, 0.6) is 5.75 Å². The Kier molecular flexibility index (Phi) is 8.37. The van der Waals surface area contributed by atoms with Crippen molar-refractivity contribution in [3.8, 4) is 5.75 Å². The maximum absolute atomic E-state index is 12.5. The smallest absolute Gasteiger partial charge is 0.344 e. The van der Waals surface area contributed by atoms with Crippen LogP contribution in [0.4, 0.5) is 5.69 Å². The molecule has 0 fully saturated rings. The monoisotopic (exact) mass is 434 g/mol. The van der Waals surface area contributed by atoms with Crippen LogP contribution in [-0.2, 0) is 24.3 Å². The third-order valence-electron chi connectivity index (χ3n) is 4.19. The largest absolute Gasteiger partial charge is 0.482 e. The fourth-order valence-electron chi connectivity index (χ4n) is 2.66. The molecule has 2 aromatic carbocycles. The molecule has 1 amide bonds. The lowest BCUT2D eigenvalue weighted by Gasteiger charge is -2.18. The number of sulfonamides is 1. The first-order chi connectivity index (χ1) is 14.3. The van der Waals surface area contributed by atoms with E-state index in [1.54, 1.807) is 26.0 Å². The number of nitrogens with zero attached hydrogens (tertiary/aromatic N) is 1. The highest BCUT2D eigenvalue weighted by Gasteiger charge is 2.21. The quantitative estimate of drug-likeness (QED) is 0.577. The maximum atomic E-state index is 12.5. The Labute approximate surface area is 176 Å². The van der Waals surface area contributed by atoms with Gasteiger partial charge in [0.05, 0.1) is 4.90 Å². The van der Waals surface area contributed by atoms with Gasteiger partial charge in [-0.05, 0) is 48.9 Å². The van der Waals surface area contributed by atoms with E-state index in [-0.39, 0.29) is 11.5 Å². The highest BCUT2D eigenvalue weighted by molar-refractivity contribution is 7.89. The summed E-state index contributed by atoms with van der Waals surface area (Å²) in [7, 11) is -3.56. The van der Waals surface area contributed by atoms with Gasteiger partial charge in [0.15, 0.2) is 13.2 Å². The van der Waals surface area contributed by atoms with Crippen molar-refractivity contribution in [2.75, 3.05) is 31.6 Å². The highest BCUT2D eigenvalue weighted by atomic mass is 32.2. The topological polar surface area (TPSA) is 102 Å². The summed E-state index contributed by atoms with van der Waals surface area (Å²) in [5, 5.41) is 2.55. The molecule has 30 heavy (non-hydrogen) atoms. The van der Waals surface area contributed by atoms with Crippen molar-refractivity contribution in [1.82, 2.24) is 4.31 Å². The van der Waals surface area contributed by atoms with E-state index >= 15 is 0 Å². The Morgan fingerprint density at radius 3 is 2.27 bits per heavy atom. The fourth-order valence-corrected chi connectivity index (χ4v) is 4.11. The molecule has 8 nitrogen and oxygen atoms in total. The molecule has 0 aliphatic rings. The van der Waals surface area contributed by atoms with Crippen molar-refractivity contribution in [2.24, 2.45) is 0 Å². The number of anilines is 1. The first-order valence-electron chi connectivity index (χ1n) is 9.51. The van der Waals surface area contributed by atoms with Gasteiger partial charge in [-0.15, -0.1) is 0 Å². The normalized spacial score (nSPS) is 11.2. The van der Waals surface area contributed by atoms with Gasteiger partial charge in [-0.3, -0.25) is 4.79 Å². The molecule has 0 aliphatic carbocycles. The van der Waals surface area contributed by atoms with Gasteiger partial charge in [-0.1, -0.05) is 26.0 Å². The minimum absolute atomic E-state index is 0.143. The second-order valence-electron chi connectivity index (χ2n) is 6.43. The van der Waals surface area contributed by atoms with Gasteiger partial charge in [0, 0.05) is 18.8 Å². The maximum Gasteiger partial charge on any atom is 0.344 e. The van der Waals surface area contributed by atoms with Crippen molar-refractivity contribution in [1.29, 1.82) is 0 Å². The second-order valence-corrected chi connectivity index (χ2v) is 8.37. The molecular weight excluding hydrogens is 408 g/mol. The number of carbonyl (C=O) groups excluding carboxylic acids is 2. The van der Waals surface area contributed by atoms with Crippen LogP contribution in [0, 0.1) is 6.92 Å². The molecule has 0 saturated carbocycles. The Balaban J connectivity index is 1.82. The van der Waals surface area contributed by atoms with E-state index in [4.69, 9.17) is 9.47 Å². The number of esters is 1. The lowest BCUT2D eigenvalue weighted by molar-refractivity contribution is -0.149. The van der Waals surface area contributed by atoms with Crippen LogP contribution in [-0.4, -0.2) is 50.9 Å². The molecule has 0 saturated heterocycles. The van der Waals surface area contributed by atoms with Gasteiger partial charge in [-0.25, -0.2) is 13.2 Å². The summed E-state index contributed by atoms with van der Waals surface area (Å²) in [6.07, 6.45) is 0. The Bertz CT molecular complexity index is 969. The average molecular weight is 435 g/mol. The van der Waals surface area contributed by atoms with E-state index in [1.165, 1.54) is 28.6 Å². The number of ether oxygens (including phenoxy) is 2. The van der Waals surface area contributed by atoms with Crippen LogP contribution >= 0.6 is 0 Å². The minimum Gasteiger partial charge on any atom is -0.482 e. The molecule has 9 heteroatoms. The molecule has 0 bridgehead atoms. The number of aryl methyl sites for hydroxylation is 1. The molecule has 0 radical (unpaired) electrons. The highest BCUT2D eigenvalue weighted by Crippen LogP contribution is 2.18. The standard InChI is InChI=1S/C21H26N2O6S/c1-4-23(5-2)30(26,27)19-11-9-17(10-12-19)22-20(24)14-29-21(25)15-28-18-8-6-7-16(3)13-18/h6-13H,4-5,14-15H2,1-3H3,(H,22,24). The van der Waals surface area contributed by atoms with E-state index in [0.717, 1.165) is 5.56 Å². The van der Waals surface area contributed by atoms with Gasteiger partial charge >= 0.3 is 5.97 Å². The lowest BCUT2D eigenvalue weighted by atomic mass is 10.2. The first kappa shape index (κ1) is 23.4. The van der Waals surface area contributed by atoms with Crippen molar-refractivity contribution in [3.05, 3.63) is 54.1 Å². The molecular formula is C21H26N2O6S. The van der Waals surface area contributed by atoms with Crippen LogP contribution in [0.3, 0.4) is 0 Å². The summed E-state index contributed by atoms with van der Waals surface area (Å²) in [4.78, 5) is 23.8. The number of nitrogens with one attached hydrogen (secondary N) is 1. The van der Waals surface area contributed by atoms with Crippen molar-refractivity contribution >= 4 is 27.6 Å². The predicted octanol–water partition coefficient (Wildman–Crippen LogP) is 2.59. The summed E-state index contributed by atoms with van der Waals surface area (Å²) in [6.45, 7) is 5.39. The number of hydrogen-bond acceptors (Lipinski definition) is 6. The number of amides is 1. The Morgan fingerprint density at radius 1 is 1.00 bits per heavy atom. The van der Waals surface area contributed by atoms with Gasteiger partial charge in [-0.2, -0.15) is 4.31 Å². The van der Waals surface area contributed by atoms with Crippen LogP contribution in [0.1, 0.15) is 19.4 Å². The predicted molar refractivity (Wildman–Crippen MR) is 113 cm³/mol.